The molecule has 46 heavy (non-hydrogen) atoms. The van der Waals surface area contributed by atoms with Crippen molar-refractivity contribution >= 4 is 17.9 Å². The van der Waals surface area contributed by atoms with E-state index in [-0.39, 0.29) is 18.0 Å². The average molecular weight is 631 g/mol. The Labute approximate surface area is 274 Å². The summed E-state index contributed by atoms with van der Waals surface area (Å²) in [4.78, 5) is 37.0. The van der Waals surface area contributed by atoms with Gasteiger partial charge in [0, 0.05) is 12.8 Å². The smallest absolute Gasteiger partial charge is 0.343 e. The molecular weight excluding hydrogens is 580 g/mol. The Balaban J connectivity index is 1.38. The van der Waals surface area contributed by atoms with Gasteiger partial charge < -0.3 is 18.9 Å². The molecule has 0 saturated heterocycles. The molecule has 0 spiro atoms. The molecule has 0 heterocycles. The van der Waals surface area contributed by atoms with Gasteiger partial charge in [-0.25, -0.2) is 9.59 Å². The summed E-state index contributed by atoms with van der Waals surface area (Å²) in [5, 5.41) is 0. The van der Waals surface area contributed by atoms with Gasteiger partial charge in [0.1, 0.15) is 11.5 Å². The molecule has 0 radical (unpaired) electrons. The number of hydrogen-bond acceptors (Lipinski definition) is 7. The molecule has 3 rings (SSSR count). The Kier molecular flexibility index (Phi) is 16.4. The van der Waals surface area contributed by atoms with Gasteiger partial charge in [-0.2, -0.15) is 0 Å². The van der Waals surface area contributed by atoms with E-state index < -0.39 is 5.97 Å². The molecule has 0 N–H and O–H groups in total. The van der Waals surface area contributed by atoms with Crippen molar-refractivity contribution in [2.75, 3.05) is 13.2 Å². The molecule has 3 aromatic rings. The standard InChI is InChI=1S/C39H50O7/c1-4-6-8-10-12-15-37(40)44-29-13-28-43-35-24-22-34(23-25-35)39(42)46-36-26-20-32(21-27-36)31-16-18-33(19-17-31)38(41)45-30(3)14-11-9-7-5-2/h16-27,30H,4-15,28-29H2,1-3H3/t30-/m0/s1. The fraction of sp³-hybridized carbons (Fsp3) is 0.462. The van der Waals surface area contributed by atoms with Gasteiger partial charge in [0.05, 0.1) is 30.4 Å². The molecule has 0 aliphatic rings. The average Bonchev–Trinajstić information content (AvgIpc) is 3.07. The topological polar surface area (TPSA) is 88.1 Å². The molecule has 3 aromatic carbocycles. The van der Waals surface area contributed by atoms with E-state index in [4.69, 9.17) is 18.9 Å². The van der Waals surface area contributed by atoms with Crippen LogP contribution in [0, 0.1) is 0 Å². The lowest BCUT2D eigenvalue weighted by Crippen LogP contribution is -2.15. The van der Waals surface area contributed by atoms with Crippen LogP contribution in [0.25, 0.3) is 11.1 Å². The normalized spacial score (nSPS) is 11.5. The largest absolute Gasteiger partial charge is 0.493 e. The first-order chi connectivity index (χ1) is 22.4. The number of hydrogen-bond donors (Lipinski definition) is 0. The lowest BCUT2D eigenvalue weighted by molar-refractivity contribution is -0.144. The second kappa shape index (κ2) is 20.8. The maximum Gasteiger partial charge on any atom is 0.343 e. The van der Waals surface area contributed by atoms with Crippen molar-refractivity contribution in [2.45, 2.75) is 104 Å². The fourth-order valence-corrected chi connectivity index (χ4v) is 4.92. The maximum atomic E-state index is 12.7. The highest BCUT2D eigenvalue weighted by Gasteiger charge is 2.13. The monoisotopic (exact) mass is 630 g/mol. The van der Waals surface area contributed by atoms with Crippen LogP contribution in [-0.2, 0) is 14.3 Å². The Morgan fingerprint density at radius 1 is 0.587 bits per heavy atom. The van der Waals surface area contributed by atoms with Crippen molar-refractivity contribution in [2.24, 2.45) is 0 Å². The van der Waals surface area contributed by atoms with Gasteiger partial charge in [0.2, 0.25) is 0 Å². The van der Waals surface area contributed by atoms with Crippen LogP contribution < -0.4 is 9.47 Å². The molecule has 0 aliphatic carbocycles. The van der Waals surface area contributed by atoms with Gasteiger partial charge in [-0.3, -0.25) is 4.79 Å². The number of carbonyl (C=O) groups is 3. The summed E-state index contributed by atoms with van der Waals surface area (Å²) >= 11 is 0. The SMILES string of the molecule is CCCCCCCC(=O)OCCCOc1ccc(C(=O)Oc2ccc(-c3ccc(C(=O)O[C@@H](C)CCCCCC)cc3)cc2)cc1. The Hall–Kier alpha value is -4.13. The summed E-state index contributed by atoms with van der Waals surface area (Å²) < 4.78 is 22.1. The summed E-state index contributed by atoms with van der Waals surface area (Å²) in [5.41, 5.74) is 2.80. The molecule has 0 aliphatic heterocycles. The molecule has 0 bridgehead atoms. The number of benzene rings is 3. The molecule has 0 saturated carbocycles. The van der Waals surface area contributed by atoms with Gasteiger partial charge >= 0.3 is 17.9 Å². The predicted molar refractivity (Wildman–Crippen MR) is 181 cm³/mol. The minimum absolute atomic E-state index is 0.102. The first kappa shape index (κ1) is 36.3. The van der Waals surface area contributed by atoms with Crippen molar-refractivity contribution in [1.29, 1.82) is 0 Å². The number of rotatable bonds is 21. The number of esters is 3. The predicted octanol–water partition coefficient (Wildman–Crippen LogP) is 9.76. The van der Waals surface area contributed by atoms with Crippen molar-refractivity contribution in [3.63, 3.8) is 0 Å². The van der Waals surface area contributed by atoms with Crippen LogP contribution in [0.4, 0.5) is 0 Å². The van der Waals surface area contributed by atoms with E-state index >= 15 is 0 Å². The zero-order valence-corrected chi connectivity index (χ0v) is 27.8. The molecular formula is C39H50O7. The Morgan fingerprint density at radius 2 is 1.13 bits per heavy atom. The third-order valence-corrected chi connectivity index (χ3v) is 7.69. The van der Waals surface area contributed by atoms with Crippen LogP contribution in [-0.4, -0.2) is 37.2 Å². The highest BCUT2D eigenvalue weighted by Crippen LogP contribution is 2.24. The second-order valence-electron chi connectivity index (χ2n) is 11.7. The minimum Gasteiger partial charge on any atom is -0.493 e. The van der Waals surface area contributed by atoms with Gasteiger partial charge in [-0.05, 0) is 85.8 Å². The molecule has 7 nitrogen and oxygen atoms in total. The van der Waals surface area contributed by atoms with E-state index in [0.29, 0.717) is 48.7 Å². The van der Waals surface area contributed by atoms with E-state index in [1.807, 2.05) is 31.2 Å². The highest BCUT2D eigenvalue weighted by molar-refractivity contribution is 5.91. The molecule has 1 atom stereocenters. The van der Waals surface area contributed by atoms with Crippen molar-refractivity contribution in [3.05, 3.63) is 83.9 Å². The van der Waals surface area contributed by atoms with Crippen molar-refractivity contribution in [1.82, 2.24) is 0 Å². The summed E-state index contributed by atoms with van der Waals surface area (Å²) in [6.45, 7) is 7.03. The number of ether oxygens (including phenoxy) is 4. The zero-order valence-electron chi connectivity index (χ0n) is 27.8. The quantitative estimate of drug-likeness (QED) is 0.0658. The summed E-state index contributed by atoms with van der Waals surface area (Å²) in [5.74, 6) is 0.123. The molecule has 0 amide bonds. The Morgan fingerprint density at radius 3 is 1.78 bits per heavy atom. The Bertz CT molecular complexity index is 1310. The van der Waals surface area contributed by atoms with Crippen molar-refractivity contribution in [3.8, 4) is 22.6 Å². The maximum absolute atomic E-state index is 12.7. The third kappa shape index (κ3) is 13.5. The van der Waals surface area contributed by atoms with Gasteiger partial charge in [-0.15, -0.1) is 0 Å². The van der Waals surface area contributed by atoms with Gasteiger partial charge in [-0.1, -0.05) is 83.1 Å². The molecule has 0 aromatic heterocycles. The van der Waals surface area contributed by atoms with Crippen LogP contribution >= 0.6 is 0 Å². The van der Waals surface area contributed by atoms with E-state index in [1.165, 1.54) is 25.7 Å². The summed E-state index contributed by atoms with van der Waals surface area (Å²) in [6.07, 6.45) is 12.0. The summed E-state index contributed by atoms with van der Waals surface area (Å²) in [6, 6.07) is 21.3. The van der Waals surface area contributed by atoms with Crippen LogP contribution in [0.1, 0.15) is 119 Å². The molecule has 0 unspecified atom stereocenters. The van der Waals surface area contributed by atoms with Crippen LogP contribution in [0.2, 0.25) is 0 Å². The van der Waals surface area contributed by atoms with E-state index in [9.17, 15) is 14.4 Å². The first-order valence-corrected chi connectivity index (χ1v) is 16.9. The lowest BCUT2D eigenvalue weighted by atomic mass is 10.0. The number of unbranched alkanes of at least 4 members (excludes halogenated alkanes) is 7. The molecule has 248 valence electrons. The second-order valence-corrected chi connectivity index (χ2v) is 11.7. The van der Waals surface area contributed by atoms with E-state index in [0.717, 1.165) is 49.7 Å². The van der Waals surface area contributed by atoms with Crippen molar-refractivity contribution < 1.29 is 33.3 Å². The van der Waals surface area contributed by atoms with Gasteiger partial charge in [0.25, 0.3) is 0 Å². The molecule has 0 fully saturated rings. The zero-order chi connectivity index (χ0) is 33.0. The van der Waals surface area contributed by atoms with Crippen LogP contribution in [0.15, 0.2) is 72.8 Å². The fourth-order valence-electron chi connectivity index (χ4n) is 4.92. The number of carbonyl (C=O) groups excluding carboxylic acids is 3. The van der Waals surface area contributed by atoms with Crippen LogP contribution in [0.3, 0.4) is 0 Å². The highest BCUT2D eigenvalue weighted by atomic mass is 16.5. The summed E-state index contributed by atoms with van der Waals surface area (Å²) in [7, 11) is 0. The third-order valence-electron chi connectivity index (χ3n) is 7.69. The molecule has 7 heteroatoms. The lowest BCUT2D eigenvalue weighted by Gasteiger charge is -2.13. The van der Waals surface area contributed by atoms with Gasteiger partial charge in [0.15, 0.2) is 0 Å². The minimum atomic E-state index is -0.469. The van der Waals surface area contributed by atoms with Crippen LogP contribution in [0.5, 0.6) is 11.5 Å². The van der Waals surface area contributed by atoms with E-state index in [2.05, 4.69) is 13.8 Å². The van der Waals surface area contributed by atoms with E-state index in [1.54, 1.807) is 48.5 Å². The first-order valence-electron chi connectivity index (χ1n) is 16.9.